The van der Waals surface area contributed by atoms with E-state index in [1.54, 1.807) is 11.8 Å². The van der Waals surface area contributed by atoms with Crippen LogP contribution in [0.25, 0.3) is 0 Å². The topological polar surface area (TPSA) is 29.1 Å². The highest BCUT2D eigenvalue weighted by Crippen LogP contribution is 2.18. The number of alkyl halides is 1. The molecule has 0 atom stereocenters. The average Bonchev–Trinajstić information content (AvgIpc) is 2.18. The molecule has 0 unspecified atom stereocenters. The Morgan fingerprint density at radius 2 is 2.36 bits per heavy atom. The molecule has 4 heteroatoms. The Bertz CT molecular complexity index is 317. The molecule has 0 aliphatic rings. The lowest BCUT2D eigenvalue weighted by molar-refractivity contribution is -0.115. The summed E-state index contributed by atoms with van der Waals surface area (Å²) in [5.41, 5.74) is 0.826. The Morgan fingerprint density at radius 3 is 3.00 bits per heavy atom. The molecular weight excluding hydrogens is 218 g/mol. The summed E-state index contributed by atoms with van der Waals surface area (Å²) in [4.78, 5) is 12.3. The second kappa shape index (κ2) is 5.94. The van der Waals surface area contributed by atoms with Gasteiger partial charge in [-0.2, -0.15) is 0 Å². The Balaban J connectivity index is 2.62. The van der Waals surface area contributed by atoms with Gasteiger partial charge < -0.3 is 5.32 Å². The molecule has 1 aromatic rings. The highest BCUT2D eigenvalue weighted by atomic mass is 35.5. The predicted octanol–water partition coefficient (Wildman–Crippen LogP) is 2.98. The fraction of sp³-hybridized carbons (Fsp3) is 0.300. The van der Waals surface area contributed by atoms with Crippen molar-refractivity contribution in [3.8, 4) is 0 Å². The van der Waals surface area contributed by atoms with Crippen molar-refractivity contribution < 1.29 is 4.79 Å². The molecule has 0 radical (unpaired) electrons. The number of benzene rings is 1. The van der Waals surface area contributed by atoms with E-state index in [1.165, 1.54) is 0 Å². The predicted molar refractivity (Wildman–Crippen MR) is 62.2 cm³/mol. The minimum atomic E-state index is -0.0433. The number of halogens is 1. The van der Waals surface area contributed by atoms with Crippen LogP contribution in [-0.2, 0) is 4.79 Å². The Labute approximate surface area is 93.0 Å². The summed E-state index contributed by atoms with van der Waals surface area (Å²) < 4.78 is 0. The number of amides is 1. The van der Waals surface area contributed by atoms with E-state index in [9.17, 15) is 4.79 Å². The standard InChI is InChI=1S/C10H12ClNOS/c1-14-9-4-2-3-8(7-9)12-10(13)5-6-11/h2-4,7H,5-6H2,1H3,(H,12,13). The van der Waals surface area contributed by atoms with Crippen LogP contribution in [0.3, 0.4) is 0 Å². The third kappa shape index (κ3) is 3.60. The van der Waals surface area contributed by atoms with Crippen molar-refractivity contribution in [1.82, 2.24) is 0 Å². The lowest BCUT2D eigenvalue weighted by atomic mass is 10.3. The zero-order valence-electron chi connectivity index (χ0n) is 7.92. The minimum absolute atomic E-state index is 0.0433. The van der Waals surface area contributed by atoms with Crippen molar-refractivity contribution in [2.75, 3.05) is 17.5 Å². The van der Waals surface area contributed by atoms with Gasteiger partial charge >= 0.3 is 0 Å². The summed E-state index contributed by atoms with van der Waals surface area (Å²) in [5.74, 6) is 0.312. The van der Waals surface area contributed by atoms with Crippen molar-refractivity contribution >= 4 is 35.0 Å². The molecule has 1 amide bonds. The van der Waals surface area contributed by atoms with Gasteiger partial charge in [-0.3, -0.25) is 4.79 Å². The lowest BCUT2D eigenvalue weighted by Crippen LogP contribution is -2.11. The number of hydrogen-bond donors (Lipinski definition) is 1. The molecular formula is C10H12ClNOS. The molecule has 0 aliphatic heterocycles. The van der Waals surface area contributed by atoms with Gasteiger partial charge in [0.2, 0.25) is 5.91 Å². The van der Waals surface area contributed by atoms with E-state index in [2.05, 4.69) is 5.32 Å². The van der Waals surface area contributed by atoms with Crippen molar-refractivity contribution in [3.05, 3.63) is 24.3 Å². The minimum Gasteiger partial charge on any atom is -0.326 e. The highest BCUT2D eigenvalue weighted by Gasteiger charge is 2.01. The highest BCUT2D eigenvalue weighted by molar-refractivity contribution is 7.98. The number of carbonyl (C=O) groups excluding carboxylic acids is 1. The van der Waals surface area contributed by atoms with Crippen LogP contribution in [-0.4, -0.2) is 18.0 Å². The van der Waals surface area contributed by atoms with Gasteiger partial charge in [0.25, 0.3) is 0 Å². The molecule has 0 aliphatic carbocycles. The van der Waals surface area contributed by atoms with E-state index < -0.39 is 0 Å². The van der Waals surface area contributed by atoms with Crippen LogP contribution in [0.5, 0.6) is 0 Å². The Hall–Kier alpha value is -0.670. The van der Waals surface area contributed by atoms with Gasteiger partial charge in [-0.15, -0.1) is 23.4 Å². The number of nitrogens with one attached hydrogen (secondary N) is 1. The smallest absolute Gasteiger partial charge is 0.225 e. The zero-order chi connectivity index (χ0) is 10.4. The number of thioether (sulfide) groups is 1. The van der Waals surface area contributed by atoms with Gasteiger partial charge in [-0.25, -0.2) is 0 Å². The molecule has 0 heterocycles. The molecule has 0 spiro atoms. The second-order valence-corrected chi connectivity index (χ2v) is 3.98. The van der Waals surface area contributed by atoms with Gasteiger partial charge in [0, 0.05) is 22.9 Å². The van der Waals surface area contributed by atoms with Gasteiger partial charge in [0.05, 0.1) is 0 Å². The molecule has 0 fully saturated rings. The average molecular weight is 230 g/mol. The van der Waals surface area contributed by atoms with Gasteiger partial charge in [-0.05, 0) is 24.5 Å². The summed E-state index contributed by atoms with van der Waals surface area (Å²) in [6.45, 7) is 0. The third-order valence-corrected chi connectivity index (χ3v) is 2.59. The Morgan fingerprint density at radius 1 is 1.57 bits per heavy atom. The summed E-state index contributed by atoms with van der Waals surface area (Å²) in [7, 11) is 0. The SMILES string of the molecule is CSc1cccc(NC(=O)CCCl)c1. The molecule has 0 saturated carbocycles. The van der Waals surface area contributed by atoms with Crippen LogP contribution < -0.4 is 5.32 Å². The van der Waals surface area contributed by atoms with Gasteiger partial charge in [-0.1, -0.05) is 6.07 Å². The first-order valence-electron chi connectivity index (χ1n) is 4.26. The van der Waals surface area contributed by atoms with E-state index in [4.69, 9.17) is 11.6 Å². The van der Waals surface area contributed by atoms with E-state index >= 15 is 0 Å². The van der Waals surface area contributed by atoms with Crippen molar-refractivity contribution in [3.63, 3.8) is 0 Å². The normalized spacial score (nSPS) is 9.86. The molecule has 76 valence electrons. The maximum atomic E-state index is 11.2. The third-order valence-electron chi connectivity index (χ3n) is 1.68. The summed E-state index contributed by atoms with van der Waals surface area (Å²) in [5, 5.41) is 2.78. The van der Waals surface area contributed by atoms with E-state index in [1.807, 2.05) is 30.5 Å². The van der Waals surface area contributed by atoms with Gasteiger partial charge in [0.15, 0.2) is 0 Å². The van der Waals surface area contributed by atoms with Crippen LogP contribution in [0.15, 0.2) is 29.2 Å². The van der Waals surface area contributed by atoms with E-state index in [0.29, 0.717) is 12.3 Å². The van der Waals surface area contributed by atoms with Crippen molar-refractivity contribution in [2.24, 2.45) is 0 Å². The largest absolute Gasteiger partial charge is 0.326 e. The summed E-state index contributed by atoms with van der Waals surface area (Å²) in [6, 6.07) is 7.73. The second-order valence-electron chi connectivity index (χ2n) is 2.72. The number of rotatable bonds is 4. The molecule has 2 nitrogen and oxygen atoms in total. The Kier molecular flexibility index (Phi) is 4.84. The van der Waals surface area contributed by atoms with E-state index in [-0.39, 0.29) is 5.91 Å². The zero-order valence-corrected chi connectivity index (χ0v) is 9.49. The molecule has 1 N–H and O–H groups in total. The molecule has 0 saturated heterocycles. The van der Waals surface area contributed by atoms with Crippen LogP contribution in [0, 0.1) is 0 Å². The molecule has 1 rings (SSSR count). The van der Waals surface area contributed by atoms with Crippen LogP contribution in [0.1, 0.15) is 6.42 Å². The first-order valence-corrected chi connectivity index (χ1v) is 6.02. The van der Waals surface area contributed by atoms with Crippen molar-refractivity contribution in [1.29, 1.82) is 0 Å². The van der Waals surface area contributed by atoms with Crippen LogP contribution in [0.2, 0.25) is 0 Å². The molecule has 0 bridgehead atoms. The molecule has 14 heavy (non-hydrogen) atoms. The fourth-order valence-corrected chi connectivity index (χ4v) is 1.64. The molecule has 1 aromatic carbocycles. The first-order chi connectivity index (χ1) is 6.76. The summed E-state index contributed by atoms with van der Waals surface area (Å²) in [6.07, 6.45) is 2.35. The maximum Gasteiger partial charge on any atom is 0.225 e. The molecule has 0 aromatic heterocycles. The number of hydrogen-bond acceptors (Lipinski definition) is 2. The van der Waals surface area contributed by atoms with Gasteiger partial charge in [0.1, 0.15) is 0 Å². The lowest BCUT2D eigenvalue weighted by Gasteiger charge is -2.04. The van der Waals surface area contributed by atoms with Crippen LogP contribution in [0.4, 0.5) is 5.69 Å². The fourth-order valence-electron chi connectivity index (χ4n) is 1.01. The van der Waals surface area contributed by atoms with E-state index in [0.717, 1.165) is 10.6 Å². The monoisotopic (exact) mass is 229 g/mol. The number of carbonyl (C=O) groups is 1. The van der Waals surface area contributed by atoms with Crippen molar-refractivity contribution in [2.45, 2.75) is 11.3 Å². The quantitative estimate of drug-likeness (QED) is 0.635. The summed E-state index contributed by atoms with van der Waals surface area (Å²) >= 11 is 7.10. The maximum absolute atomic E-state index is 11.2. The van der Waals surface area contributed by atoms with Crippen LogP contribution >= 0.6 is 23.4 Å². The number of anilines is 1. The first kappa shape index (κ1) is 11.4.